The van der Waals surface area contributed by atoms with Crippen LogP contribution < -0.4 is 5.32 Å². The lowest BCUT2D eigenvalue weighted by Crippen LogP contribution is -2.58. The molecule has 1 aromatic heterocycles. The van der Waals surface area contributed by atoms with E-state index in [9.17, 15) is 14.4 Å². The molecular weight excluding hydrogens is 667 g/mol. The van der Waals surface area contributed by atoms with Gasteiger partial charge in [0.25, 0.3) is 0 Å². The lowest BCUT2D eigenvalue weighted by Gasteiger charge is -2.33. The fourth-order valence-corrected chi connectivity index (χ4v) is 7.43. The summed E-state index contributed by atoms with van der Waals surface area (Å²) in [6.07, 6.45) is 5.57. The number of fused-ring (bicyclic) bond motifs is 3. The highest BCUT2D eigenvalue weighted by molar-refractivity contribution is 7.99. The number of carbonyl (C=O) groups excluding carboxylic acids is 3. The van der Waals surface area contributed by atoms with E-state index in [4.69, 9.17) is 15.9 Å². The number of terminal acetylenes is 1. The van der Waals surface area contributed by atoms with Crippen LogP contribution in [0.1, 0.15) is 43.7 Å². The predicted molar refractivity (Wildman–Crippen MR) is 192 cm³/mol. The Labute approximate surface area is 301 Å². The van der Waals surface area contributed by atoms with Crippen LogP contribution in [0.5, 0.6) is 0 Å². The Balaban J connectivity index is 1.10. The number of aromatic nitrogens is 4. The van der Waals surface area contributed by atoms with Gasteiger partial charge in [-0.1, -0.05) is 72.7 Å². The summed E-state index contributed by atoms with van der Waals surface area (Å²) in [5.74, 6) is 1.47. The molecule has 13 heteroatoms. The van der Waals surface area contributed by atoms with E-state index < -0.39 is 30.2 Å². The SMILES string of the molecule is C#CCO[C@H](C)[C@H](NC(=O)[C@H](C)N(C)C(=O)OCC1c2ccccc2-c2ccccc21)C(=O)N1CCC[C@H]1Cn1nnnc1Sc1ccccc1. The van der Waals surface area contributed by atoms with E-state index in [1.165, 1.54) is 23.7 Å². The van der Waals surface area contributed by atoms with Gasteiger partial charge in [0.15, 0.2) is 0 Å². The largest absolute Gasteiger partial charge is 0.448 e. The Morgan fingerprint density at radius 3 is 2.37 bits per heavy atom. The Morgan fingerprint density at radius 1 is 1.02 bits per heavy atom. The topological polar surface area (TPSA) is 132 Å². The van der Waals surface area contributed by atoms with Gasteiger partial charge in [0.05, 0.1) is 18.7 Å². The summed E-state index contributed by atoms with van der Waals surface area (Å²) < 4.78 is 13.2. The average molecular weight is 708 g/mol. The molecule has 1 saturated heterocycles. The van der Waals surface area contributed by atoms with Crippen LogP contribution in [0.25, 0.3) is 11.1 Å². The lowest BCUT2D eigenvalue weighted by atomic mass is 9.98. The Kier molecular flexibility index (Phi) is 11.3. The van der Waals surface area contributed by atoms with Crippen molar-refractivity contribution in [2.24, 2.45) is 0 Å². The second-order valence-electron chi connectivity index (χ2n) is 12.7. The fourth-order valence-electron chi connectivity index (χ4n) is 6.63. The van der Waals surface area contributed by atoms with Crippen LogP contribution in [-0.4, -0.2) is 99.0 Å². The maximum Gasteiger partial charge on any atom is 0.410 e. The molecule has 1 N–H and O–H groups in total. The first-order valence-electron chi connectivity index (χ1n) is 17.0. The number of rotatable bonds is 13. The maximum absolute atomic E-state index is 14.2. The molecule has 4 atom stereocenters. The van der Waals surface area contributed by atoms with E-state index in [2.05, 4.69) is 38.9 Å². The maximum atomic E-state index is 14.2. The molecule has 0 radical (unpaired) electrons. The summed E-state index contributed by atoms with van der Waals surface area (Å²) in [4.78, 5) is 45.1. The third-order valence-electron chi connectivity index (χ3n) is 9.54. The van der Waals surface area contributed by atoms with E-state index >= 15 is 0 Å². The lowest BCUT2D eigenvalue weighted by molar-refractivity contribution is -0.142. The van der Waals surface area contributed by atoms with E-state index in [0.29, 0.717) is 18.2 Å². The van der Waals surface area contributed by atoms with Crippen molar-refractivity contribution in [1.29, 1.82) is 0 Å². The second kappa shape index (κ2) is 16.2. The van der Waals surface area contributed by atoms with Gasteiger partial charge in [-0.05, 0) is 83.3 Å². The van der Waals surface area contributed by atoms with Gasteiger partial charge in [0, 0.05) is 24.4 Å². The van der Waals surface area contributed by atoms with E-state index in [1.807, 2.05) is 66.7 Å². The first-order valence-corrected chi connectivity index (χ1v) is 17.8. The fraction of sp³-hybridized carbons (Fsp3) is 0.368. The van der Waals surface area contributed by atoms with Crippen LogP contribution in [0.2, 0.25) is 0 Å². The molecule has 3 amide bonds. The van der Waals surface area contributed by atoms with Gasteiger partial charge in [0.1, 0.15) is 25.3 Å². The van der Waals surface area contributed by atoms with Crippen LogP contribution in [0.3, 0.4) is 0 Å². The van der Waals surface area contributed by atoms with Crippen molar-refractivity contribution < 1.29 is 23.9 Å². The predicted octanol–water partition coefficient (Wildman–Crippen LogP) is 4.61. The zero-order valence-electron chi connectivity index (χ0n) is 28.8. The van der Waals surface area contributed by atoms with Gasteiger partial charge in [-0.15, -0.1) is 11.5 Å². The molecule has 1 aliphatic heterocycles. The number of hydrogen-bond donors (Lipinski definition) is 1. The van der Waals surface area contributed by atoms with Crippen molar-refractivity contribution in [3.63, 3.8) is 0 Å². The number of ether oxygens (including phenoxy) is 2. The van der Waals surface area contributed by atoms with Gasteiger partial charge in [0.2, 0.25) is 17.0 Å². The first kappa shape index (κ1) is 35.6. The number of nitrogens with one attached hydrogen (secondary N) is 1. The highest BCUT2D eigenvalue weighted by Gasteiger charge is 2.39. The molecule has 1 fully saturated rings. The number of likely N-dealkylation sites (tertiary alicyclic amines) is 1. The number of amides is 3. The minimum Gasteiger partial charge on any atom is -0.448 e. The summed E-state index contributed by atoms with van der Waals surface area (Å²) >= 11 is 1.44. The highest BCUT2D eigenvalue weighted by Crippen LogP contribution is 2.44. The summed E-state index contributed by atoms with van der Waals surface area (Å²) in [5.41, 5.74) is 4.43. The quantitative estimate of drug-likeness (QED) is 0.198. The second-order valence-corrected chi connectivity index (χ2v) is 13.7. The minimum absolute atomic E-state index is 0.0376. The van der Waals surface area contributed by atoms with E-state index in [0.717, 1.165) is 40.0 Å². The Bertz CT molecular complexity index is 1850. The first-order chi connectivity index (χ1) is 24.8. The van der Waals surface area contributed by atoms with E-state index in [1.54, 1.807) is 23.4 Å². The van der Waals surface area contributed by atoms with Crippen LogP contribution in [0.4, 0.5) is 4.79 Å². The van der Waals surface area contributed by atoms with Crippen LogP contribution in [0, 0.1) is 12.3 Å². The van der Waals surface area contributed by atoms with E-state index in [-0.39, 0.29) is 31.1 Å². The van der Waals surface area contributed by atoms with Crippen molar-refractivity contribution in [2.75, 3.05) is 26.8 Å². The van der Waals surface area contributed by atoms with Crippen molar-refractivity contribution >= 4 is 29.7 Å². The summed E-state index contributed by atoms with van der Waals surface area (Å²) in [6.45, 7) is 4.25. The van der Waals surface area contributed by atoms with Crippen LogP contribution in [0.15, 0.2) is 88.9 Å². The Morgan fingerprint density at radius 2 is 1.69 bits per heavy atom. The van der Waals surface area contributed by atoms with Crippen molar-refractivity contribution in [2.45, 2.75) is 73.4 Å². The number of hydrogen-bond acceptors (Lipinski definition) is 9. The molecule has 51 heavy (non-hydrogen) atoms. The molecule has 3 aromatic carbocycles. The molecule has 264 valence electrons. The van der Waals surface area contributed by atoms with Gasteiger partial charge in [-0.25, -0.2) is 9.48 Å². The van der Waals surface area contributed by atoms with Crippen LogP contribution in [-0.2, 0) is 25.6 Å². The summed E-state index contributed by atoms with van der Waals surface area (Å²) in [6, 6.07) is 23.7. The normalized spacial score (nSPS) is 16.7. The van der Waals surface area contributed by atoms with Gasteiger partial charge in [-0.2, -0.15) is 0 Å². The Hall–Kier alpha value is -5.19. The standard InChI is InChI=1S/C38H41N7O5S/c1-5-22-49-26(3)34(36(47)44-21-13-14-27(44)23-45-37(40-41-42-45)51-28-15-7-6-8-16-28)39-35(46)25(2)43(4)38(48)50-24-33-31-19-11-9-17-29(31)30-18-10-12-20-32(30)33/h1,6-12,15-20,25-27,33-34H,13-14,21-24H2,2-4H3,(H,39,46)/t25-,26+,27-,34-/m0/s1. The molecular formula is C38H41N7O5S. The molecule has 4 aromatic rings. The molecule has 12 nitrogen and oxygen atoms in total. The van der Waals surface area contributed by atoms with Crippen molar-refractivity contribution in [3.05, 3.63) is 90.0 Å². The van der Waals surface area contributed by atoms with Gasteiger partial charge < -0.3 is 19.7 Å². The smallest absolute Gasteiger partial charge is 0.410 e. The van der Waals surface area contributed by atoms with Gasteiger partial charge in [-0.3, -0.25) is 14.5 Å². The average Bonchev–Trinajstić information content (AvgIpc) is 3.89. The molecule has 0 saturated carbocycles. The number of carbonyl (C=O) groups is 3. The zero-order chi connectivity index (χ0) is 35.9. The van der Waals surface area contributed by atoms with Gasteiger partial charge >= 0.3 is 6.09 Å². The molecule has 6 rings (SSSR count). The van der Waals surface area contributed by atoms with Crippen LogP contribution >= 0.6 is 11.8 Å². The van der Waals surface area contributed by atoms with Crippen molar-refractivity contribution in [1.82, 2.24) is 35.3 Å². The molecule has 0 bridgehead atoms. The third-order valence-corrected chi connectivity index (χ3v) is 10.5. The number of nitrogens with zero attached hydrogens (tertiary/aromatic N) is 6. The zero-order valence-corrected chi connectivity index (χ0v) is 29.7. The minimum atomic E-state index is -1.06. The summed E-state index contributed by atoms with van der Waals surface area (Å²) in [7, 11) is 1.51. The highest BCUT2D eigenvalue weighted by atomic mass is 32.2. The molecule has 2 heterocycles. The monoisotopic (exact) mass is 707 g/mol. The molecule has 0 spiro atoms. The third kappa shape index (κ3) is 7.92. The molecule has 0 unspecified atom stereocenters. The summed E-state index contributed by atoms with van der Waals surface area (Å²) in [5, 5.41) is 15.7. The van der Waals surface area contributed by atoms with Crippen molar-refractivity contribution in [3.8, 4) is 23.5 Å². The molecule has 2 aliphatic rings. The number of likely N-dealkylation sites (N-methyl/N-ethyl adjacent to an activating group) is 1. The number of tetrazole rings is 1. The molecule has 1 aliphatic carbocycles. The number of benzene rings is 3.